The van der Waals surface area contributed by atoms with Gasteiger partial charge in [0.15, 0.2) is 0 Å². The largest absolute Gasteiger partial charge is 0.481 e. The molecule has 6 aromatic rings. The average Bonchev–Trinajstić information content (AvgIpc) is 3.31. The Kier molecular flexibility index (Phi) is 5.50. The molecule has 0 aliphatic carbocycles. The molecule has 176 valence electrons. The van der Waals surface area contributed by atoms with E-state index in [1.54, 1.807) is 25.7 Å². The van der Waals surface area contributed by atoms with Gasteiger partial charge in [0.05, 0.1) is 24.2 Å². The number of anilines is 1. The van der Waals surface area contributed by atoms with Crippen molar-refractivity contribution in [1.82, 2.24) is 24.5 Å². The lowest BCUT2D eigenvalue weighted by atomic mass is 9.99. The molecule has 4 aromatic heterocycles. The number of hydrogen-bond donors (Lipinski definition) is 1. The first-order valence-electron chi connectivity index (χ1n) is 11.7. The van der Waals surface area contributed by atoms with E-state index in [0.29, 0.717) is 5.88 Å². The average molecular weight is 473 g/mol. The predicted octanol–water partition coefficient (Wildman–Crippen LogP) is 5.79. The summed E-state index contributed by atoms with van der Waals surface area (Å²) in [7, 11) is 3.67. The highest BCUT2D eigenvalue weighted by molar-refractivity contribution is 5.97. The minimum Gasteiger partial charge on any atom is -0.481 e. The van der Waals surface area contributed by atoms with Crippen molar-refractivity contribution in [1.29, 1.82) is 0 Å². The molecule has 0 saturated carbocycles. The summed E-state index contributed by atoms with van der Waals surface area (Å²) in [4.78, 5) is 18.1. The molecule has 0 radical (unpaired) electrons. The molecule has 4 heterocycles. The van der Waals surface area contributed by atoms with Gasteiger partial charge < -0.3 is 14.6 Å². The van der Waals surface area contributed by atoms with Crippen LogP contribution in [0.15, 0.2) is 97.8 Å². The Morgan fingerprint density at radius 1 is 0.861 bits per heavy atom. The van der Waals surface area contributed by atoms with Gasteiger partial charge in [-0.05, 0) is 58.5 Å². The van der Waals surface area contributed by atoms with Gasteiger partial charge in [-0.1, -0.05) is 18.2 Å². The second-order valence-electron chi connectivity index (χ2n) is 8.65. The highest BCUT2D eigenvalue weighted by Gasteiger charge is 2.17. The molecule has 0 fully saturated rings. The Hall–Kier alpha value is -4.78. The maximum Gasteiger partial charge on any atom is 0.212 e. The molecule has 7 heteroatoms. The van der Waals surface area contributed by atoms with Gasteiger partial charge >= 0.3 is 0 Å². The van der Waals surface area contributed by atoms with E-state index < -0.39 is 0 Å². The molecular weight excluding hydrogens is 448 g/mol. The maximum atomic E-state index is 5.26. The van der Waals surface area contributed by atoms with Gasteiger partial charge in [-0.25, -0.2) is 4.98 Å². The smallest absolute Gasteiger partial charge is 0.212 e. The van der Waals surface area contributed by atoms with Crippen molar-refractivity contribution in [3.8, 4) is 17.0 Å². The summed E-state index contributed by atoms with van der Waals surface area (Å²) in [5.74, 6) is 0.572. The number of pyridine rings is 2. The van der Waals surface area contributed by atoms with Crippen LogP contribution >= 0.6 is 0 Å². The van der Waals surface area contributed by atoms with E-state index in [2.05, 4.69) is 79.5 Å². The van der Waals surface area contributed by atoms with Gasteiger partial charge in [0.2, 0.25) is 5.88 Å². The monoisotopic (exact) mass is 472 g/mol. The number of aryl methyl sites for hydroxylation is 1. The summed E-state index contributed by atoms with van der Waals surface area (Å²) in [6.07, 6.45) is 11.0. The van der Waals surface area contributed by atoms with Gasteiger partial charge in [0, 0.05) is 67.1 Å². The molecule has 6 rings (SSSR count). The summed E-state index contributed by atoms with van der Waals surface area (Å²) in [6, 6.07) is 20.5. The minimum atomic E-state index is -0.172. The molecule has 0 spiro atoms. The number of rotatable bonds is 6. The zero-order valence-corrected chi connectivity index (χ0v) is 20.0. The summed E-state index contributed by atoms with van der Waals surface area (Å²) in [5.41, 5.74) is 7.90. The number of nitrogens with one attached hydrogen (secondary N) is 1. The van der Waals surface area contributed by atoms with Crippen molar-refractivity contribution >= 4 is 27.6 Å². The third-order valence-corrected chi connectivity index (χ3v) is 6.40. The topological polar surface area (TPSA) is 77.8 Å². The highest BCUT2D eigenvalue weighted by atomic mass is 16.5. The van der Waals surface area contributed by atoms with Crippen molar-refractivity contribution in [2.24, 2.45) is 7.05 Å². The van der Waals surface area contributed by atoms with E-state index in [9.17, 15) is 0 Å². The van der Waals surface area contributed by atoms with Crippen molar-refractivity contribution in [3.63, 3.8) is 0 Å². The number of methoxy groups -OCH3 is 1. The van der Waals surface area contributed by atoms with Gasteiger partial charge in [0.25, 0.3) is 0 Å². The van der Waals surface area contributed by atoms with Crippen LogP contribution in [0.3, 0.4) is 0 Å². The highest BCUT2D eigenvalue weighted by Crippen LogP contribution is 2.34. The maximum absolute atomic E-state index is 5.26. The van der Waals surface area contributed by atoms with Crippen LogP contribution < -0.4 is 10.1 Å². The molecule has 1 atom stereocenters. The number of nitrogens with zero attached hydrogens (tertiary/aromatic N) is 5. The first-order valence-corrected chi connectivity index (χ1v) is 11.7. The van der Waals surface area contributed by atoms with Crippen LogP contribution in [-0.2, 0) is 7.05 Å². The number of benzene rings is 2. The Balaban J connectivity index is 1.48. The third-order valence-electron chi connectivity index (χ3n) is 6.40. The first-order chi connectivity index (χ1) is 17.7. The molecule has 0 aliphatic heterocycles. The number of fused-ring (bicyclic) bond motifs is 2. The van der Waals surface area contributed by atoms with E-state index in [4.69, 9.17) is 4.74 Å². The second-order valence-corrected chi connectivity index (χ2v) is 8.65. The van der Waals surface area contributed by atoms with Gasteiger partial charge in [-0.3, -0.25) is 15.0 Å². The molecule has 36 heavy (non-hydrogen) atoms. The van der Waals surface area contributed by atoms with E-state index in [1.807, 2.05) is 36.7 Å². The van der Waals surface area contributed by atoms with Crippen molar-refractivity contribution in [2.45, 2.75) is 6.04 Å². The Morgan fingerprint density at radius 2 is 1.75 bits per heavy atom. The number of aromatic nitrogens is 5. The second kappa shape index (κ2) is 9.11. The van der Waals surface area contributed by atoms with Crippen molar-refractivity contribution in [2.75, 3.05) is 12.4 Å². The van der Waals surface area contributed by atoms with Crippen LogP contribution in [0.5, 0.6) is 5.88 Å². The van der Waals surface area contributed by atoms with E-state index in [-0.39, 0.29) is 6.04 Å². The molecule has 0 amide bonds. The summed E-state index contributed by atoms with van der Waals surface area (Å²) in [5, 5.41) is 4.90. The quantitative estimate of drug-likeness (QED) is 0.331. The van der Waals surface area contributed by atoms with E-state index in [1.165, 1.54) is 10.9 Å². The van der Waals surface area contributed by atoms with E-state index in [0.717, 1.165) is 39.0 Å². The Morgan fingerprint density at radius 3 is 2.56 bits per heavy atom. The van der Waals surface area contributed by atoms with Crippen molar-refractivity contribution in [3.05, 3.63) is 109 Å². The summed E-state index contributed by atoms with van der Waals surface area (Å²) >= 11 is 0. The first kappa shape index (κ1) is 21.7. The van der Waals surface area contributed by atoms with Gasteiger partial charge in [-0.15, -0.1) is 0 Å². The minimum absolute atomic E-state index is 0.172. The normalized spacial score (nSPS) is 12.1. The molecule has 0 aliphatic rings. The molecule has 0 bridgehead atoms. The molecule has 7 nitrogen and oxygen atoms in total. The lowest BCUT2D eigenvalue weighted by molar-refractivity contribution is 0.397. The van der Waals surface area contributed by atoms with Crippen LogP contribution in [-0.4, -0.2) is 31.6 Å². The number of ether oxygens (including phenoxy) is 1. The standard InChI is InChI=1S/C29H24N6O/c1-35-13-9-19-5-6-20(14-26(19)35)24-15-23(16-25-29(24)32-12-11-31-25)34-28(21-4-3-10-30-17-21)22-7-8-27(36-2)33-18-22/h3-18,28,34H,1-2H3/t28-/m1/s1. The Labute approximate surface area is 208 Å². The molecule has 1 N–H and O–H groups in total. The van der Waals surface area contributed by atoms with Crippen LogP contribution in [0.4, 0.5) is 5.69 Å². The molecular formula is C29H24N6O. The van der Waals surface area contributed by atoms with Gasteiger partial charge in [-0.2, -0.15) is 0 Å². The SMILES string of the molecule is COc1ccc([C@H](Nc2cc(-c3ccc4ccn(C)c4c3)c3nccnc3c2)c2cccnc2)cn1. The molecule has 0 saturated heterocycles. The summed E-state index contributed by atoms with van der Waals surface area (Å²) < 4.78 is 7.39. The van der Waals surface area contributed by atoms with Crippen molar-refractivity contribution < 1.29 is 4.74 Å². The summed E-state index contributed by atoms with van der Waals surface area (Å²) in [6.45, 7) is 0. The zero-order valence-electron chi connectivity index (χ0n) is 20.0. The predicted molar refractivity (Wildman–Crippen MR) is 142 cm³/mol. The van der Waals surface area contributed by atoms with Crippen LogP contribution in [0.2, 0.25) is 0 Å². The Bertz CT molecular complexity index is 1660. The third kappa shape index (κ3) is 4.01. The zero-order chi connectivity index (χ0) is 24.5. The van der Waals surface area contributed by atoms with E-state index >= 15 is 0 Å². The fraction of sp³-hybridized carbons (Fsp3) is 0.103. The van der Waals surface area contributed by atoms with Gasteiger partial charge in [0.1, 0.15) is 0 Å². The molecule has 0 unspecified atom stereocenters. The fourth-order valence-electron chi connectivity index (χ4n) is 4.56. The molecule has 2 aromatic carbocycles. The van der Waals surface area contributed by atoms with Crippen LogP contribution in [0, 0.1) is 0 Å². The fourth-order valence-corrected chi connectivity index (χ4v) is 4.56. The number of hydrogen-bond acceptors (Lipinski definition) is 6. The lowest BCUT2D eigenvalue weighted by Gasteiger charge is -2.21. The van der Waals surface area contributed by atoms with Crippen LogP contribution in [0.1, 0.15) is 17.2 Å². The lowest BCUT2D eigenvalue weighted by Crippen LogP contribution is -2.13. The van der Waals surface area contributed by atoms with Crippen LogP contribution in [0.25, 0.3) is 33.1 Å².